The Balaban J connectivity index is 2.96. The Morgan fingerprint density at radius 3 is 2.78 bits per heavy atom. The highest BCUT2D eigenvalue weighted by Gasteiger charge is 1.89. The van der Waals surface area contributed by atoms with Gasteiger partial charge in [-0.05, 0) is 6.92 Å². The van der Waals surface area contributed by atoms with Crippen LogP contribution >= 0.6 is 0 Å². The summed E-state index contributed by atoms with van der Waals surface area (Å²) in [4.78, 5) is 11.5. The van der Waals surface area contributed by atoms with Gasteiger partial charge in [0.2, 0.25) is 6.41 Å². The minimum atomic E-state index is 0.631. The van der Waals surface area contributed by atoms with E-state index in [0.29, 0.717) is 19.8 Å². The van der Waals surface area contributed by atoms with Crippen LogP contribution in [0.2, 0.25) is 0 Å². The third-order valence-corrected chi connectivity index (χ3v) is 0.972. The van der Waals surface area contributed by atoms with Crippen LogP contribution < -0.4 is 0 Å². The van der Waals surface area contributed by atoms with E-state index in [1.807, 2.05) is 6.92 Å². The molecule has 0 rings (SSSR count). The van der Waals surface area contributed by atoms with Crippen molar-refractivity contribution in [3.63, 3.8) is 0 Å². The molecule has 0 spiro atoms. The van der Waals surface area contributed by atoms with E-state index >= 15 is 0 Å². The number of hydrogen-bond acceptors (Lipinski definition) is 2. The van der Waals surface area contributed by atoms with E-state index in [9.17, 15) is 4.79 Å². The Labute approximate surface area is 55.6 Å². The van der Waals surface area contributed by atoms with Crippen molar-refractivity contribution in [2.24, 2.45) is 0 Å². The van der Waals surface area contributed by atoms with Crippen LogP contribution in [0.4, 0.5) is 0 Å². The molecule has 0 aromatic rings. The summed E-state index contributed by atoms with van der Waals surface area (Å²) in [6, 6.07) is 0. The van der Waals surface area contributed by atoms with Crippen LogP contribution in [0.3, 0.4) is 0 Å². The average Bonchev–Trinajstić information content (AvgIpc) is 1.89. The lowest BCUT2D eigenvalue weighted by Crippen LogP contribution is -2.21. The van der Waals surface area contributed by atoms with Crippen molar-refractivity contribution in [3.8, 4) is 0 Å². The Hall–Kier alpha value is -0.570. The lowest BCUT2D eigenvalue weighted by atomic mass is 10.6. The van der Waals surface area contributed by atoms with E-state index in [0.717, 1.165) is 6.41 Å². The van der Waals surface area contributed by atoms with Crippen molar-refractivity contribution in [2.75, 3.05) is 26.8 Å². The van der Waals surface area contributed by atoms with Gasteiger partial charge in [0.05, 0.1) is 6.61 Å². The summed E-state index contributed by atoms with van der Waals surface area (Å²) in [5, 5.41) is 0. The smallest absolute Gasteiger partial charge is 0.209 e. The van der Waals surface area contributed by atoms with Gasteiger partial charge in [0, 0.05) is 20.2 Å². The minimum Gasteiger partial charge on any atom is -0.380 e. The highest BCUT2D eigenvalue weighted by atomic mass is 16.5. The van der Waals surface area contributed by atoms with Crippen LogP contribution in [0.1, 0.15) is 6.92 Å². The fourth-order valence-electron chi connectivity index (χ4n) is 0.406. The van der Waals surface area contributed by atoms with E-state index in [1.54, 1.807) is 11.9 Å². The summed E-state index contributed by atoms with van der Waals surface area (Å²) in [5.41, 5.74) is 0. The average molecular weight is 131 g/mol. The zero-order valence-electron chi connectivity index (χ0n) is 5.96. The number of ether oxygens (including phenoxy) is 1. The molecule has 0 saturated heterocycles. The van der Waals surface area contributed by atoms with Gasteiger partial charge in [0.1, 0.15) is 0 Å². The van der Waals surface area contributed by atoms with Gasteiger partial charge in [-0.1, -0.05) is 0 Å². The van der Waals surface area contributed by atoms with Crippen molar-refractivity contribution in [2.45, 2.75) is 6.92 Å². The molecular formula is C6H13NO2. The Kier molecular flexibility index (Phi) is 5.21. The summed E-state index contributed by atoms with van der Waals surface area (Å²) >= 11 is 0. The van der Waals surface area contributed by atoms with E-state index < -0.39 is 0 Å². The molecule has 0 heterocycles. The van der Waals surface area contributed by atoms with Gasteiger partial charge in [-0.2, -0.15) is 0 Å². The summed E-state index contributed by atoms with van der Waals surface area (Å²) in [6.07, 6.45) is 0.791. The van der Waals surface area contributed by atoms with E-state index in [1.165, 1.54) is 0 Å². The predicted molar refractivity (Wildman–Crippen MR) is 35.2 cm³/mol. The summed E-state index contributed by atoms with van der Waals surface area (Å²) < 4.78 is 5.01. The molecule has 0 radical (unpaired) electrons. The monoisotopic (exact) mass is 131 g/mol. The fraction of sp³-hybridized carbons (Fsp3) is 0.833. The molecule has 0 bridgehead atoms. The molecule has 0 aromatic heterocycles. The van der Waals surface area contributed by atoms with Gasteiger partial charge in [-0.3, -0.25) is 4.79 Å². The second kappa shape index (κ2) is 5.56. The number of likely N-dealkylation sites (N-methyl/N-ethyl adjacent to an activating group) is 1. The second-order valence-corrected chi connectivity index (χ2v) is 1.78. The normalized spacial score (nSPS) is 9.11. The van der Waals surface area contributed by atoms with Gasteiger partial charge in [0.25, 0.3) is 0 Å². The number of amides is 1. The van der Waals surface area contributed by atoms with Crippen LogP contribution in [0.15, 0.2) is 0 Å². The zero-order chi connectivity index (χ0) is 7.11. The maximum atomic E-state index is 9.97. The van der Waals surface area contributed by atoms with Gasteiger partial charge in [0.15, 0.2) is 0 Å². The number of carbonyl (C=O) groups is 1. The molecule has 9 heavy (non-hydrogen) atoms. The third-order valence-electron chi connectivity index (χ3n) is 0.972. The molecule has 0 aliphatic rings. The van der Waals surface area contributed by atoms with Crippen molar-refractivity contribution >= 4 is 6.41 Å². The molecule has 0 aliphatic carbocycles. The molecule has 0 fully saturated rings. The van der Waals surface area contributed by atoms with Crippen LogP contribution in [-0.2, 0) is 9.53 Å². The zero-order valence-corrected chi connectivity index (χ0v) is 5.96. The molecule has 0 N–H and O–H groups in total. The van der Waals surface area contributed by atoms with Crippen molar-refractivity contribution in [1.82, 2.24) is 4.90 Å². The lowest BCUT2D eigenvalue weighted by molar-refractivity contribution is -0.117. The molecule has 54 valence electrons. The number of hydrogen-bond donors (Lipinski definition) is 0. The molecular weight excluding hydrogens is 118 g/mol. The molecule has 1 amide bonds. The van der Waals surface area contributed by atoms with Crippen molar-refractivity contribution in [1.29, 1.82) is 0 Å². The Morgan fingerprint density at radius 1 is 1.67 bits per heavy atom. The first-order valence-corrected chi connectivity index (χ1v) is 3.04. The van der Waals surface area contributed by atoms with E-state index in [-0.39, 0.29) is 0 Å². The molecule has 3 nitrogen and oxygen atoms in total. The third kappa shape index (κ3) is 5.30. The Morgan fingerprint density at radius 2 is 2.33 bits per heavy atom. The SMILES string of the molecule is CCOCCN(C)C=O. The van der Waals surface area contributed by atoms with Gasteiger partial charge in [-0.25, -0.2) is 0 Å². The van der Waals surface area contributed by atoms with Crippen LogP contribution in [0, 0.1) is 0 Å². The van der Waals surface area contributed by atoms with Crippen molar-refractivity contribution < 1.29 is 9.53 Å². The first-order chi connectivity index (χ1) is 4.31. The molecule has 0 atom stereocenters. The fourth-order valence-corrected chi connectivity index (χ4v) is 0.406. The Bertz CT molecular complexity index is 75.5. The first-order valence-electron chi connectivity index (χ1n) is 3.04. The number of nitrogens with zero attached hydrogens (tertiary/aromatic N) is 1. The van der Waals surface area contributed by atoms with Crippen molar-refractivity contribution in [3.05, 3.63) is 0 Å². The first kappa shape index (κ1) is 8.43. The highest BCUT2D eigenvalue weighted by Crippen LogP contribution is 1.76. The topological polar surface area (TPSA) is 29.5 Å². The largest absolute Gasteiger partial charge is 0.380 e. The molecule has 0 unspecified atom stereocenters. The van der Waals surface area contributed by atoms with E-state index in [4.69, 9.17) is 4.74 Å². The molecule has 0 aromatic carbocycles. The number of carbonyl (C=O) groups excluding carboxylic acids is 1. The summed E-state index contributed by atoms with van der Waals surface area (Å²) in [5.74, 6) is 0. The van der Waals surface area contributed by atoms with Gasteiger partial charge >= 0.3 is 0 Å². The van der Waals surface area contributed by atoms with Crippen LogP contribution in [-0.4, -0.2) is 38.1 Å². The molecule has 0 aliphatic heterocycles. The predicted octanol–water partition coefficient (Wildman–Crippen LogP) is 0.111. The number of rotatable bonds is 5. The summed E-state index contributed by atoms with van der Waals surface area (Å²) in [7, 11) is 1.73. The molecule has 0 saturated carbocycles. The van der Waals surface area contributed by atoms with Crippen LogP contribution in [0.5, 0.6) is 0 Å². The summed E-state index contributed by atoms with van der Waals surface area (Å²) in [6.45, 7) is 3.96. The standard InChI is InChI=1S/C6H13NO2/c1-3-9-5-4-7(2)6-8/h6H,3-5H2,1-2H3. The maximum Gasteiger partial charge on any atom is 0.209 e. The quantitative estimate of drug-likeness (QED) is 0.391. The molecule has 3 heteroatoms. The van der Waals surface area contributed by atoms with Gasteiger partial charge in [-0.15, -0.1) is 0 Å². The van der Waals surface area contributed by atoms with Gasteiger partial charge < -0.3 is 9.64 Å². The van der Waals surface area contributed by atoms with Crippen LogP contribution in [0.25, 0.3) is 0 Å². The second-order valence-electron chi connectivity index (χ2n) is 1.78. The maximum absolute atomic E-state index is 9.97. The van der Waals surface area contributed by atoms with E-state index in [2.05, 4.69) is 0 Å². The minimum absolute atomic E-state index is 0.631. The lowest BCUT2D eigenvalue weighted by Gasteiger charge is -2.08. The highest BCUT2D eigenvalue weighted by molar-refractivity contribution is 5.46.